The number of nitriles is 1. The number of benzene rings is 1. The molecule has 1 heterocycles. The van der Waals surface area contributed by atoms with E-state index in [1.54, 1.807) is 18.2 Å². The monoisotopic (exact) mass is 321 g/mol. The summed E-state index contributed by atoms with van der Waals surface area (Å²) < 4.78 is 24.5. The fourth-order valence-electron chi connectivity index (χ4n) is 2.54. The molecule has 0 radical (unpaired) electrons. The molecule has 1 atom stereocenters. The van der Waals surface area contributed by atoms with E-state index in [9.17, 15) is 13.2 Å². The standard InChI is InChI=1S/C15H19N3O3S/c1-22(20,21)18-7-3-6-14(11-18)15(19)17-10-13-5-2-4-12(8-13)9-16/h2,4-5,8,14H,3,6-7,10-11H2,1H3,(H,17,19). The van der Waals surface area contributed by atoms with Crippen LogP contribution in [-0.2, 0) is 21.4 Å². The molecule has 1 aliphatic rings. The number of nitrogens with one attached hydrogen (secondary N) is 1. The number of piperidine rings is 1. The van der Waals surface area contributed by atoms with Crippen LogP contribution in [0.5, 0.6) is 0 Å². The number of carbonyl (C=O) groups is 1. The van der Waals surface area contributed by atoms with Crippen LogP contribution in [0.15, 0.2) is 24.3 Å². The third-order valence-corrected chi connectivity index (χ3v) is 5.02. The highest BCUT2D eigenvalue weighted by Crippen LogP contribution is 2.19. The first-order valence-corrected chi connectivity index (χ1v) is 8.97. The van der Waals surface area contributed by atoms with Crippen LogP contribution in [0, 0.1) is 17.2 Å². The minimum absolute atomic E-state index is 0.143. The van der Waals surface area contributed by atoms with Gasteiger partial charge in [-0.2, -0.15) is 5.26 Å². The normalized spacial score (nSPS) is 19.4. The van der Waals surface area contributed by atoms with E-state index in [0.717, 1.165) is 5.56 Å². The van der Waals surface area contributed by atoms with Gasteiger partial charge in [-0.05, 0) is 30.5 Å². The van der Waals surface area contributed by atoms with Crippen molar-refractivity contribution in [2.24, 2.45) is 5.92 Å². The highest BCUT2D eigenvalue weighted by molar-refractivity contribution is 7.88. The average Bonchev–Trinajstić information content (AvgIpc) is 2.52. The van der Waals surface area contributed by atoms with Gasteiger partial charge < -0.3 is 5.32 Å². The SMILES string of the molecule is CS(=O)(=O)N1CCCC(C(=O)NCc2cccc(C#N)c2)C1. The first-order valence-electron chi connectivity index (χ1n) is 7.12. The van der Waals surface area contributed by atoms with Crippen molar-refractivity contribution in [1.82, 2.24) is 9.62 Å². The molecule has 118 valence electrons. The van der Waals surface area contributed by atoms with Gasteiger partial charge in [0.2, 0.25) is 15.9 Å². The molecule has 1 fully saturated rings. The lowest BCUT2D eigenvalue weighted by Crippen LogP contribution is -2.44. The first-order chi connectivity index (χ1) is 10.4. The minimum Gasteiger partial charge on any atom is -0.352 e. The smallest absolute Gasteiger partial charge is 0.224 e. The maximum absolute atomic E-state index is 12.2. The summed E-state index contributed by atoms with van der Waals surface area (Å²) >= 11 is 0. The number of nitrogens with zero attached hydrogens (tertiary/aromatic N) is 2. The number of hydrogen-bond acceptors (Lipinski definition) is 4. The molecule has 0 aromatic heterocycles. The van der Waals surface area contributed by atoms with Crippen molar-refractivity contribution in [2.45, 2.75) is 19.4 Å². The fourth-order valence-corrected chi connectivity index (χ4v) is 3.45. The van der Waals surface area contributed by atoms with Crippen LogP contribution in [0.4, 0.5) is 0 Å². The van der Waals surface area contributed by atoms with E-state index in [2.05, 4.69) is 11.4 Å². The third kappa shape index (κ3) is 4.29. The van der Waals surface area contributed by atoms with Crippen molar-refractivity contribution >= 4 is 15.9 Å². The molecule has 1 N–H and O–H groups in total. The van der Waals surface area contributed by atoms with Crippen molar-refractivity contribution in [3.05, 3.63) is 35.4 Å². The summed E-state index contributed by atoms with van der Waals surface area (Å²) in [7, 11) is -3.25. The van der Waals surface area contributed by atoms with E-state index >= 15 is 0 Å². The lowest BCUT2D eigenvalue weighted by atomic mass is 9.98. The molecule has 7 heteroatoms. The zero-order chi connectivity index (χ0) is 16.2. The molecule has 6 nitrogen and oxygen atoms in total. The largest absolute Gasteiger partial charge is 0.352 e. The maximum Gasteiger partial charge on any atom is 0.224 e. The Kier molecular flexibility index (Phi) is 5.16. The van der Waals surface area contributed by atoms with Crippen LogP contribution in [0.1, 0.15) is 24.0 Å². The molecule has 1 aromatic carbocycles. The fraction of sp³-hybridized carbons (Fsp3) is 0.467. The number of amides is 1. The van der Waals surface area contributed by atoms with Gasteiger partial charge in [-0.3, -0.25) is 4.79 Å². The quantitative estimate of drug-likeness (QED) is 0.890. The number of hydrogen-bond donors (Lipinski definition) is 1. The molecule has 1 aliphatic heterocycles. The second kappa shape index (κ2) is 6.90. The lowest BCUT2D eigenvalue weighted by Gasteiger charge is -2.30. The summed E-state index contributed by atoms with van der Waals surface area (Å²) in [5, 5.41) is 11.7. The topological polar surface area (TPSA) is 90.3 Å². The van der Waals surface area contributed by atoms with E-state index in [-0.39, 0.29) is 18.4 Å². The second-order valence-corrected chi connectivity index (χ2v) is 7.47. The van der Waals surface area contributed by atoms with E-state index in [1.165, 1.54) is 10.6 Å². The Balaban J connectivity index is 1.93. The van der Waals surface area contributed by atoms with Crippen LogP contribution in [-0.4, -0.2) is 38.0 Å². The van der Waals surface area contributed by atoms with E-state index in [0.29, 0.717) is 31.5 Å². The Morgan fingerprint density at radius 3 is 2.95 bits per heavy atom. The summed E-state index contributed by atoms with van der Waals surface area (Å²) in [6.07, 6.45) is 2.55. The van der Waals surface area contributed by atoms with Gasteiger partial charge in [-0.25, -0.2) is 12.7 Å². The van der Waals surface area contributed by atoms with Crippen molar-refractivity contribution < 1.29 is 13.2 Å². The zero-order valence-electron chi connectivity index (χ0n) is 12.4. The van der Waals surface area contributed by atoms with Crippen LogP contribution < -0.4 is 5.32 Å². The molecule has 1 saturated heterocycles. The van der Waals surface area contributed by atoms with Gasteiger partial charge in [0, 0.05) is 19.6 Å². The highest BCUT2D eigenvalue weighted by atomic mass is 32.2. The molecule has 1 amide bonds. The molecule has 0 spiro atoms. The van der Waals surface area contributed by atoms with Gasteiger partial charge in [0.25, 0.3) is 0 Å². The molecule has 0 saturated carbocycles. The first kappa shape index (κ1) is 16.5. The Bertz CT molecular complexity index is 694. The third-order valence-electron chi connectivity index (χ3n) is 3.75. The second-order valence-electron chi connectivity index (χ2n) is 5.49. The van der Waals surface area contributed by atoms with Crippen LogP contribution in [0.3, 0.4) is 0 Å². The minimum atomic E-state index is -3.25. The molecule has 0 bridgehead atoms. The summed E-state index contributed by atoms with van der Waals surface area (Å²) in [4.78, 5) is 12.2. The molecule has 1 aromatic rings. The van der Waals surface area contributed by atoms with Gasteiger partial charge in [0.15, 0.2) is 0 Å². The molecule has 2 rings (SSSR count). The van der Waals surface area contributed by atoms with Crippen LogP contribution in [0.25, 0.3) is 0 Å². The molecule has 1 unspecified atom stereocenters. The van der Waals surface area contributed by atoms with Crippen molar-refractivity contribution in [3.8, 4) is 6.07 Å². The van der Waals surface area contributed by atoms with Crippen molar-refractivity contribution in [3.63, 3.8) is 0 Å². The van der Waals surface area contributed by atoms with Gasteiger partial charge in [0.1, 0.15) is 0 Å². The van der Waals surface area contributed by atoms with Crippen LogP contribution >= 0.6 is 0 Å². The van der Waals surface area contributed by atoms with Gasteiger partial charge in [-0.1, -0.05) is 12.1 Å². The predicted molar refractivity (Wildman–Crippen MR) is 82.1 cm³/mol. The highest BCUT2D eigenvalue weighted by Gasteiger charge is 2.29. The van der Waals surface area contributed by atoms with Gasteiger partial charge in [-0.15, -0.1) is 0 Å². The van der Waals surface area contributed by atoms with Crippen LogP contribution in [0.2, 0.25) is 0 Å². The van der Waals surface area contributed by atoms with Gasteiger partial charge >= 0.3 is 0 Å². The zero-order valence-corrected chi connectivity index (χ0v) is 13.3. The van der Waals surface area contributed by atoms with Crippen molar-refractivity contribution in [1.29, 1.82) is 5.26 Å². The summed E-state index contributed by atoms with van der Waals surface area (Å²) in [5.41, 5.74) is 1.40. The number of rotatable bonds is 4. The van der Waals surface area contributed by atoms with E-state index in [4.69, 9.17) is 5.26 Å². The van der Waals surface area contributed by atoms with Crippen molar-refractivity contribution in [2.75, 3.05) is 19.3 Å². The van der Waals surface area contributed by atoms with E-state index < -0.39 is 10.0 Å². The molecule has 0 aliphatic carbocycles. The molecular weight excluding hydrogens is 302 g/mol. The van der Waals surface area contributed by atoms with Gasteiger partial charge in [0.05, 0.1) is 23.8 Å². The Morgan fingerprint density at radius 1 is 1.50 bits per heavy atom. The number of carbonyl (C=O) groups excluding carboxylic acids is 1. The average molecular weight is 321 g/mol. The molecular formula is C15H19N3O3S. The summed E-state index contributed by atoms with van der Waals surface area (Å²) in [6.45, 7) is 1.06. The summed E-state index contributed by atoms with van der Waals surface area (Å²) in [6, 6.07) is 9.09. The predicted octanol–water partition coefficient (Wildman–Crippen LogP) is 0.846. The number of sulfonamides is 1. The maximum atomic E-state index is 12.2. The Labute approximate surface area is 130 Å². The van der Waals surface area contributed by atoms with E-state index in [1.807, 2.05) is 6.07 Å². The lowest BCUT2D eigenvalue weighted by molar-refractivity contribution is -0.126. The molecule has 22 heavy (non-hydrogen) atoms. The Morgan fingerprint density at radius 2 is 2.27 bits per heavy atom. The summed E-state index contributed by atoms with van der Waals surface area (Å²) in [5.74, 6) is -0.460. The Hall–Kier alpha value is -1.91.